The van der Waals surface area contributed by atoms with Gasteiger partial charge in [-0.05, 0) is 41.2 Å². The molecule has 5 heteroatoms. The van der Waals surface area contributed by atoms with Crippen molar-refractivity contribution in [2.45, 2.75) is 19.1 Å². The zero-order valence-corrected chi connectivity index (χ0v) is 9.02. The van der Waals surface area contributed by atoms with E-state index in [-0.39, 0.29) is 5.57 Å². The molecule has 0 radical (unpaired) electrons. The number of aliphatic carboxylic acids is 1. The lowest BCUT2D eigenvalue weighted by atomic mass is 9.94. The minimum absolute atomic E-state index is 0.164. The van der Waals surface area contributed by atoms with E-state index in [2.05, 4.69) is 0 Å². The molecule has 0 aromatic heterocycles. The van der Waals surface area contributed by atoms with Crippen molar-refractivity contribution < 1.29 is 20.1 Å². The summed E-state index contributed by atoms with van der Waals surface area (Å²) in [7, 11) is 0. The first-order valence-corrected chi connectivity index (χ1v) is 4.70. The van der Waals surface area contributed by atoms with Crippen LogP contribution >= 0.6 is 22.6 Å². The third kappa shape index (κ3) is 1.92. The summed E-state index contributed by atoms with van der Waals surface area (Å²) in [6.45, 7) is 1.66. The average Bonchev–Trinajstić information content (AvgIpc) is 2.07. The quantitative estimate of drug-likeness (QED) is 0.614. The molecule has 0 aliphatic heterocycles. The van der Waals surface area contributed by atoms with Gasteiger partial charge in [0.15, 0.2) is 0 Å². The Kier molecular flexibility index (Phi) is 3.09. The van der Waals surface area contributed by atoms with Crippen LogP contribution in [0, 0.1) is 0 Å². The number of aliphatic hydroxyl groups is 2. The lowest BCUT2D eigenvalue weighted by Gasteiger charge is -2.24. The number of carbonyl (C=O) groups is 1. The first kappa shape index (κ1) is 10.7. The van der Waals surface area contributed by atoms with Crippen LogP contribution in [0.1, 0.15) is 6.92 Å². The Morgan fingerprint density at radius 1 is 1.46 bits per heavy atom. The molecule has 1 aliphatic carbocycles. The number of halogens is 1. The first-order valence-electron chi connectivity index (χ1n) is 3.62. The third-order valence-electron chi connectivity index (χ3n) is 1.97. The van der Waals surface area contributed by atoms with E-state index in [9.17, 15) is 15.0 Å². The lowest BCUT2D eigenvalue weighted by Crippen LogP contribution is -2.34. The summed E-state index contributed by atoms with van der Waals surface area (Å²) in [5, 5.41) is 27.4. The van der Waals surface area contributed by atoms with Crippen LogP contribution < -0.4 is 0 Å². The van der Waals surface area contributed by atoms with Crippen LogP contribution in [0.5, 0.6) is 0 Å². The van der Waals surface area contributed by atoms with Gasteiger partial charge in [0, 0.05) is 3.58 Å². The highest BCUT2D eigenvalue weighted by atomic mass is 127. The molecule has 0 spiro atoms. The van der Waals surface area contributed by atoms with Crippen molar-refractivity contribution in [1.29, 1.82) is 0 Å². The zero-order valence-electron chi connectivity index (χ0n) is 6.86. The summed E-state index contributed by atoms with van der Waals surface area (Å²) in [5.74, 6) is -1.20. The highest BCUT2D eigenvalue weighted by Crippen LogP contribution is 2.28. The predicted molar refractivity (Wildman–Crippen MR) is 54.5 cm³/mol. The largest absolute Gasteiger partial charge is 0.478 e. The number of hydrogen-bond acceptors (Lipinski definition) is 3. The second-order valence-corrected chi connectivity index (χ2v) is 3.99. The molecular formula is C8H9IO4. The molecule has 72 valence electrons. The molecule has 2 atom stereocenters. The van der Waals surface area contributed by atoms with Crippen molar-refractivity contribution in [3.05, 3.63) is 20.8 Å². The monoisotopic (exact) mass is 296 g/mol. The maximum absolute atomic E-state index is 10.6. The molecule has 0 saturated carbocycles. The van der Waals surface area contributed by atoms with Gasteiger partial charge >= 0.3 is 5.97 Å². The van der Waals surface area contributed by atoms with Gasteiger partial charge in [-0.3, -0.25) is 0 Å². The van der Waals surface area contributed by atoms with E-state index in [0.717, 1.165) is 0 Å². The molecule has 0 fully saturated rings. The molecule has 0 aromatic carbocycles. The van der Waals surface area contributed by atoms with Crippen LogP contribution in [-0.2, 0) is 4.79 Å². The van der Waals surface area contributed by atoms with Crippen LogP contribution in [0.2, 0.25) is 0 Å². The zero-order chi connectivity index (χ0) is 10.2. The SMILES string of the molecule is CC1=C(I)C=C(C(=O)O)[C@H](O)[C@@H]1O. The summed E-state index contributed by atoms with van der Waals surface area (Å²) in [6.07, 6.45) is -1.06. The van der Waals surface area contributed by atoms with Crippen LogP contribution in [0.15, 0.2) is 20.8 Å². The highest BCUT2D eigenvalue weighted by molar-refractivity contribution is 14.1. The van der Waals surface area contributed by atoms with Crippen molar-refractivity contribution in [2.75, 3.05) is 0 Å². The van der Waals surface area contributed by atoms with E-state index in [4.69, 9.17) is 5.11 Å². The molecule has 0 aromatic rings. The topological polar surface area (TPSA) is 77.8 Å². The van der Waals surface area contributed by atoms with E-state index < -0.39 is 18.2 Å². The average molecular weight is 296 g/mol. The predicted octanol–water partition coefficient (Wildman–Crippen LogP) is 0.442. The van der Waals surface area contributed by atoms with Crippen molar-refractivity contribution >= 4 is 28.6 Å². The van der Waals surface area contributed by atoms with Crippen molar-refractivity contribution in [1.82, 2.24) is 0 Å². The van der Waals surface area contributed by atoms with Gasteiger partial charge in [0.05, 0.1) is 5.57 Å². The smallest absolute Gasteiger partial charge is 0.334 e. The van der Waals surface area contributed by atoms with E-state index in [1.807, 2.05) is 22.6 Å². The second-order valence-electron chi connectivity index (χ2n) is 2.83. The fourth-order valence-electron chi connectivity index (χ4n) is 1.07. The lowest BCUT2D eigenvalue weighted by molar-refractivity contribution is -0.134. The standard InChI is InChI=1S/C8H9IO4/c1-3-5(9)2-4(8(12)13)7(11)6(3)10/h2,6-7,10-11H,1H3,(H,12,13)/t6-,7+/m1/s1. The maximum atomic E-state index is 10.6. The molecule has 0 heterocycles. The van der Waals surface area contributed by atoms with Gasteiger partial charge in [-0.2, -0.15) is 0 Å². The van der Waals surface area contributed by atoms with Crippen LogP contribution in [-0.4, -0.2) is 33.5 Å². The molecule has 3 N–H and O–H groups in total. The Labute approximate surface area is 88.7 Å². The summed E-state index contributed by atoms with van der Waals surface area (Å²) in [5.41, 5.74) is 0.431. The Balaban J connectivity index is 3.12. The van der Waals surface area contributed by atoms with E-state index >= 15 is 0 Å². The Morgan fingerprint density at radius 3 is 2.46 bits per heavy atom. The van der Waals surface area contributed by atoms with Crippen LogP contribution in [0.25, 0.3) is 0 Å². The Morgan fingerprint density at radius 2 is 2.00 bits per heavy atom. The maximum Gasteiger partial charge on any atom is 0.334 e. The van der Waals surface area contributed by atoms with E-state index in [0.29, 0.717) is 9.15 Å². The van der Waals surface area contributed by atoms with Gasteiger partial charge in [-0.1, -0.05) is 0 Å². The fraction of sp³-hybridized carbons (Fsp3) is 0.375. The summed E-state index contributed by atoms with van der Waals surface area (Å²) in [4.78, 5) is 10.6. The first-order chi connectivity index (χ1) is 5.95. The minimum Gasteiger partial charge on any atom is -0.478 e. The van der Waals surface area contributed by atoms with Gasteiger partial charge < -0.3 is 15.3 Å². The molecule has 1 aliphatic rings. The van der Waals surface area contributed by atoms with Crippen molar-refractivity contribution in [3.8, 4) is 0 Å². The number of hydrogen-bond donors (Lipinski definition) is 3. The molecule has 0 saturated heterocycles. The molecule has 0 amide bonds. The number of carboxylic acids is 1. The van der Waals surface area contributed by atoms with Gasteiger partial charge in [0.2, 0.25) is 0 Å². The molecule has 0 unspecified atom stereocenters. The third-order valence-corrected chi connectivity index (χ3v) is 3.13. The second kappa shape index (κ2) is 3.77. The van der Waals surface area contributed by atoms with E-state index in [1.54, 1.807) is 6.92 Å². The fourth-order valence-corrected chi connectivity index (χ4v) is 1.73. The van der Waals surface area contributed by atoms with Gasteiger partial charge in [0.25, 0.3) is 0 Å². The van der Waals surface area contributed by atoms with E-state index in [1.165, 1.54) is 6.08 Å². The van der Waals surface area contributed by atoms with Crippen molar-refractivity contribution in [3.63, 3.8) is 0 Å². The number of carboxylic acid groups (broad SMARTS) is 1. The molecule has 1 rings (SSSR count). The summed E-state index contributed by atoms with van der Waals surface area (Å²) < 4.78 is 0.660. The van der Waals surface area contributed by atoms with Gasteiger partial charge in [-0.15, -0.1) is 0 Å². The number of allylic oxidation sites excluding steroid dienone is 2. The van der Waals surface area contributed by atoms with Gasteiger partial charge in [0.1, 0.15) is 12.2 Å². The highest BCUT2D eigenvalue weighted by Gasteiger charge is 2.31. The minimum atomic E-state index is -1.32. The summed E-state index contributed by atoms with van der Waals surface area (Å²) in [6, 6.07) is 0. The molecule has 4 nitrogen and oxygen atoms in total. The molecule has 13 heavy (non-hydrogen) atoms. The van der Waals surface area contributed by atoms with Crippen molar-refractivity contribution in [2.24, 2.45) is 0 Å². The van der Waals surface area contributed by atoms with Crippen LogP contribution in [0.3, 0.4) is 0 Å². The van der Waals surface area contributed by atoms with Gasteiger partial charge in [-0.25, -0.2) is 4.79 Å². The molecular weight excluding hydrogens is 287 g/mol. The summed E-state index contributed by atoms with van der Waals surface area (Å²) >= 11 is 1.93. The van der Waals surface area contributed by atoms with Crippen LogP contribution in [0.4, 0.5) is 0 Å². The Hall–Kier alpha value is -0.400. The normalized spacial score (nSPS) is 28.8. The number of aliphatic hydroxyl groups excluding tert-OH is 2. The molecule has 0 bridgehead atoms. The number of rotatable bonds is 1. The Bertz CT molecular complexity index is 305.